The second-order valence-corrected chi connectivity index (χ2v) is 8.00. The van der Waals surface area contributed by atoms with Crippen LogP contribution in [0.5, 0.6) is 0 Å². The van der Waals surface area contributed by atoms with Crippen molar-refractivity contribution in [1.29, 1.82) is 0 Å². The largest absolute Gasteiger partial charge is 0.385 e. The van der Waals surface area contributed by atoms with Crippen molar-refractivity contribution in [1.82, 2.24) is 0 Å². The maximum atomic E-state index is 10.3. The third kappa shape index (κ3) is 6.15. The number of aliphatic hydroxyl groups is 1. The van der Waals surface area contributed by atoms with Crippen molar-refractivity contribution in [2.24, 2.45) is 0 Å². The van der Waals surface area contributed by atoms with Crippen molar-refractivity contribution in [3.05, 3.63) is 70.8 Å². The molecular formula is C23H34N2O2+2. The molecule has 0 unspecified atom stereocenters. The Bertz CT molecular complexity index is 700. The highest BCUT2D eigenvalue weighted by atomic mass is 16.5. The molecule has 4 N–H and O–H groups in total. The molecular weight excluding hydrogens is 336 g/mol. The molecule has 2 aromatic carbocycles. The highest BCUT2D eigenvalue weighted by molar-refractivity contribution is 5.31. The van der Waals surface area contributed by atoms with Crippen LogP contribution in [0.25, 0.3) is 0 Å². The highest BCUT2D eigenvalue weighted by Crippen LogP contribution is 2.32. The van der Waals surface area contributed by atoms with Crippen molar-refractivity contribution in [2.75, 3.05) is 27.2 Å². The molecule has 3 rings (SSSR count). The van der Waals surface area contributed by atoms with E-state index in [-0.39, 0.29) is 6.10 Å². The number of ether oxygens (including phenoxy) is 1. The van der Waals surface area contributed by atoms with Gasteiger partial charge in [-0.15, -0.1) is 0 Å². The summed E-state index contributed by atoms with van der Waals surface area (Å²) in [6.45, 7) is 3.00. The van der Waals surface area contributed by atoms with Gasteiger partial charge in [0.15, 0.2) is 0 Å². The number of nitrogens with two attached hydrogens (primary N) is 1. The Morgan fingerprint density at radius 2 is 1.85 bits per heavy atom. The molecule has 146 valence electrons. The average molecular weight is 371 g/mol. The van der Waals surface area contributed by atoms with E-state index in [0.29, 0.717) is 13.2 Å². The Morgan fingerprint density at radius 1 is 1.11 bits per heavy atom. The van der Waals surface area contributed by atoms with E-state index >= 15 is 0 Å². The van der Waals surface area contributed by atoms with Crippen LogP contribution >= 0.6 is 0 Å². The molecule has 0 heterocycles. The number of rotatable bonds is 9. The Balaban J connectivity index is 1.38. The summed E-state index contributed by atoms with van der Waals surface area (Å²) in [7, 11) is 4.33. The summed E-state index contributed by atoms with van der Waals surface area (Å²) in [5.41, 5.74) is 5.36. The van der Waals surface area contributed by atoms with Crippen LogP contribution in [0, 0.1) is 0 Å². The Hall–Kier alpha value is -1.72. The molecule has 4 heteroatoms. The van der Waals surface area contributed by atoms with Crippen LogP contribution in [-0.2, 0) is 24.2 Å². The van der Waals surface area contributed by atoms with Crippen LogP contribution in [0.15, 0.2) is 48.5 Å². The van der Waals surface area contributed by atoms with Crippen LogP contribution in [0.2, 0.25) is 0 Å². The molecule has 0 aromatic heterocycles. The maximum absolute atomic E-state index is 10.3. The van der Waals surface area contributed by atoms with E-state index in [0.717, 1.165) is 32.4 Å². The van der Waals surface area contributed by atoms with Crippen molar-refractivity contribution < 1.29 is 20.1 Å². The van der Waals surface area contributed by atoms with Gasteiger partial charge in [-0.1, -0.05) is 48.5 Å². The van der Waals surface area contributed by atoms with Gasteiger partial charge in [-0.05, 0) is 30.4 Å². The van der Waals surface area contributed by atoms with Gasteiger partial charge in [0.25, 0.3) is 0 Å². The summed E-state index contributed by atoms with van der Waals surface area (Å²) in [6, 6.07) is 17.3. The molecule has 0 saturated heterocycles. The van der Waals surface area contributed by atoms with Crippen molar-refractivity contribution >= 4 is 0 Å². The standard InChI is InChI=1S/C23H32N2O2/c1-25(2)16-19-12-10-18(11-13-19)14-24-15-21(26)17-27-23-9-5-7-20-6-3-4-8-22(20)23/h3-4,6,8,10-13,21,23-24,26H,5,7,9,14-17H2,1-2H3/p+2/t21-,23+/m1/s1. The predicted molar refractivity (Wildman–Crippen MR) is 108 cm³/mol. The van der Waals surface area contributed by atoms with Crippen molar-refractivity contribution in [2.45, 2.75) is 44.6 Å². The van der Waals surface area contributed by atoms with Gasteiger partial charge in [0, 0.05) is 11.1 Å². The zero-order valence-electron chi connectivity index (χ0n) is 16.7. The average Bonchev–Trinajstić information content (AvgIpc) is 2.67. The van der Waals surface area contributed by atoms with E-state index in [2.05, 4.69) is 67.9 Å². The first-order valence-corrected chi connectivity index (χ1v) is 10.2. The lowest BCUT2D eigenvalue weighted by atomic mass is 9.89. The fraction of sp³-hybridized carbons (Fsp3) is 0.478. The van der Waals surface area contributed by atoms with Gasteiger partial charge in [0.05, 0.1) is 26.8 Å². The first kappa shape index (κ1) is 20.0. The number of aliphatic hydroxyl groups excluding tert-OH is 1. The summed E-state index contributed by atoms with van der Waals surface area (Å²) in [5, 5.41) is 12.5. The molecule has 1 aliphatic carbocycles. The van der Waals surface area contributed by atoms with Crippen LogP contribution in [-0.4, -0.2) is 38.5 Å². The molecule has 0 fully saturated rings. The lowest BCUT2D eigenvalue weighted by Gasteiger charge is -2.26. The van der Waals surface area contributed by atoms with E-state index in [4.69, 9.17) is 4.74 Å². The summed E-state index contributed by atoms with van der Waals surface area (Å²) >= 11 is 0. The highest BCUT2D eigenvalue weighted by Gasteiger charge is 2.21. The molecule has 2 atom stereocenters. The number of hydrogen-bond donors (Lipinski definition) is 3. The van der Waals surface area contributed by atoms with Crippen LogP contribution in [0.1, 0.15) is 41.2 Å². The summed E-state index contributed by atoms with van der Waals surface area (Å²) < 4.78 is 6.05. The van der Waals surface area contributed by atoms with Crippen LogP contribution < -0.4 is 10.2 Å². The molecule has 0 saturated carbocycles. The fourth-order valence-electron chi connectivity index (χ4n) is 3.82. The topological polar surface area (TPSA) is 50.5 Å². The zero-order valence-corrected chi connectivity index (χ0v) is 16.7. The maximum Gasteiger partial charge on any atom is 0.126 e. The predicted octanol–water partition coefficient (Wildman–Crippen LogP) is 0.850. The molecule has 0 radical (unpaired) electrons. The van der Waals surface area contributed by atoms with E-state index < -0.39 is 6.10 Å². The second-order valence-electron chi connectivity index (χ2n) is 8.00. The van der Waals surface area contributed by atoms with Gasteiger partial charge in [-0.25, -0.2) is 0 Å². The number of nitrogens with one attached hydrogen (secondary N) is 1. The van der Waals surface area contributed by atoms with Crippen LogP contribution in [0.4, 0.5) is 0 Å². The number of quaternary nitrogens is 2. The van der Waals surface area contributed by atoms with Gasteiger partial charge < -0.3 is 20.1 Å². The van der Waals surface area contributed by atoms with E-state index in [9.17, 15) is 5.11 Å². The van der Waals surface area contributed by atoms with Gasteiger partial charge in [-0.2, -0.15) is 0 Å². The second kappa shape index (κ2) is 10.00. The smallest absolute Gasteiger partial charge is 0.126 e. The van der Waals surface area contributed by atoms with Gasteiger partial charge >= 0.3 is 0 Å². The van der Waals surface area contributed by atoms with E-state index in [1.165, 1.54) is 27.2 Å². The summed E-state index contributed by atoms with van der Waals surface area (Å²) in [6.07, 6.45) is 3.05. The van der Waals surface area contributed by atoms with Gasteiger partial charge in [-0.3, -0.25) is 0 Å². The number of benzene rings is 2. The number of fused-ring (bicyclic) bond motifs is 1. The Kier molecular flexibility index (Phi) is 7.41. The minimum Gasteiger partial charge on any atom is -0.385 e. The van der Waals surface area contributed by atoms with Crippen molar-refractivity contribution in [3.63, 3.8) is 0 Å². The monoisotopic (exact) mass is 370 g/mol. The molecule has 0 bridgehead atoms. The molecule has 2 aromatic rings. The minimum absolute atomic E-state index is 0.135. The third-order valence-corrected chi connectivity index (χ3v) is 5.20. The summed E-state index contributed by atoms with van der Waals surface area (Å²) in [5.74, 6) is 0. The first-order valence-electron chi connectivity index (χ1n) is 10.2. The molecule has 1 aliphatic rings. The molecule has 0 aliphatic heterocycles. The SMILES string of the molecule is C[NH+](C)Cc1ccc(C[NH2+]C[C@@H](O)CO[C@H]2CCCc3ccccc32)cc1. The molecule has 4 nitrogen and oxygen atoms in total. The van der Waals surface area contributed by atoms with E-state index in [1.807, 2.05) is 0 Å². The van der Waals surface area contributed by atoms with Gasteiger partial charge in [0.2, 0.25) is 0 Å². The lowest BCUT2D eigenvalue weighted by molar-refractivity contribution is -0.872. The summed E-state index contributed by atoms with van der Waals surface area (Å²) in [4.78, 5) is 1.43. The zero-order chi connectivity index (χ0) is 19.1. The lowest BCUT2D eigenvalue weighted by Crippen LogP contribution is -3.04. The number of hydrogen-bond acceptors (Lipinski definition) is 2. The molecule has 0 amide bonds. The molecule has 0 spiro atoms. The Morgan fingerprint density at radius 3 is 2.63 bits per heavy atom. The van der Waals surface area contributed by atoms with Crippen LogP contribution in [0.3, 0.4) is 0 Å². The minimum atomic E-state index is -0.435. The first-order chi connectivity index (χ1) is 13.1. The van der Waals surface area contributed by atoms with Gasteiger partial charge in [0.1, 0.15) is 25.7 Å². The fourth-order valence-corrected chi connectivity index (χ4v) is 3.82. The number of aryl methyl sites for hydroxylation is 1. The van der Waals surface area contributed by atoms with Crippen molar-refractivity contribution in [3.8, 4) is 0 Å². The normalized spacial score (nSPS) is 17.7. The Labute approximate surface area is 163 Å². The molecule has 27 heavy (non-hydrogen) atoms. The third-order valence-electron chi connectivity index (χ3n) is 5.20. The quantitative estimate of drug-likeness (QED) is 0.613. The van der Waals surface area contributed by atoms with E-state index in [1.54, 1.807) is 0 Å².